The van der Waals surface area contributed by atoms with Gasteiger partial charge in [-0.3, -0.25) is 9.89 Å². The normalized spacial score (nSPS) is 10.7. The second-order valence-electron chi connectivity index (χ2n) is 3.88. The van der Waals surface area contributed by atoms with Gasteiger partial charge in [0.05, 0.1) is 12.2 Å². The molecular weight excluding hydrogens is 238 g/mol. The molecule has 4 nitrogen and oxygen atoms in total. The van der Waals surface area contributed by atoms with Crippen molar-refractivity contribution in [2.45, 2.75) is 19.9 Å². The van der Waals surface area contributed by atoms with Crippen molar-refractivity contribution in [2.24, 2.45) is 0 Å². The number of aromatic nitrogens is 2. The Morgan fingerprint density at radius 1 is 1.35 bits per heavy atom. The Bertz CT molecular complexity index is 568. The van der Waals surface area contributed by atoms with Gasteiger partial charge < -0.3 is 5.73 Å². The Balaban J connectivity index is 2.30. The van der Waals surface area contributed by atoms with E-state index in [0.29, 0.717) is 23.7 Å². The van der Waals surface area contributed by atoms with Crippen LogP contribution in [-0.4, -0.2) is 9.78 Å². The van der Waals surface area contributed by atoms with Crippen LogP contribution in [0.15, 0.2) is 29.1 Å². The molecule has 0 aliphatic carbocycles. The minimum Gasteiger partial charge on any atom is -0.393 e. The molecule has 17 heavy (non-hydrogen) atoms. The lowest BCUT2D eigenvalue weighted by Crippen LogP contribution is -2.19. The molecule has 0 bridgehead atoms. The summed E-state index contributed by atoms with van der Waals surface area (Å²) in [6.07, 6.45) is 0.717. The van der Waals surface area contributed by atoms with E-state index in [9.17, 15) is 4.79 Å². The third-order valence-corrected chi connectivity index (χ3v) is 2.93. The second kappa shape index (κ2) is 4.67. The summed E-state index contributed by atoms with van der Waals surface area (Å²) in [7, 11) is 0. The monoisotopic (exact) mass is 251 g/mol. The van der Waals surface area contributed by atoms with Crippen LogP contribution >= 0.6 is 11.6 Å². The zero-order valence-electron chi connectivity index (χ0n) is 9.53. The summed E-state index contributed by atoms with van der Waals surface area (Å²) < 4.78 is 1.51. The summed E-state index contributed by atoms with van der Waals surface area (Å²) in [5.41, 5.74) is 7.63. The molecular formula is C12H14ClN3O. The van der Waals surface area contributed by atoms with Crippen molar-refractivity contribution in [3.05, 3.63) is 50.9 Å². The van der Waals surface area contributed by atoms with Crippen molar-refractivity contribution in [1.82, 2.24) is 9.78 Å². The van der Waals surface area contributed by atoms with E-state index in [1.807, 2.05) is 19.1 Å². The quantitative estimate of drug-likeness (QED) is 0.877. The summed E-state index contributed by atoms with van der Waals surface area (Å²) in [5.74, 6) is 0. The number of nitrogens with two attached hydrogens (primary N) is 1. The van der Waals surface area contributed by atoms with Gasteiger partial charge in [0, 0.05) is 5.02 Å². The molecule has 90 valence electrons. The number of H-pyrrole nitrogens is 1. The maximum Gasteiger partial charge on any atom is 0.290 e. The van der Waals surface area contributed by atoms with Crippen molar-refractivity contribution in [3.63, 3.8) is 0 Å². The molecule has 0 amide bonds. The van der Waals surface area contributed by atoms with Crippen LogP contribution in [0.1, 0.15) is 18.2 Å². The van der Waals surface area contributed by atoms with E-state index in [1.165, 1.54) is 4.68 Å². The van der Waals surface area contributed by atoms with Crippen LogP contribution in [0.3, 0.4) is 0 Å². The van der Waals surface area contributed by atoms with E-state index >= 15 is 0 Å². The van der Waals surface area contributed by atoms with Gasteiger partial charge in [-0.25, -0.2) is 4.68 Å². The smallest absolute Gasteiger partial charge is 0.290 e. The average Bonchev–Trinajstić information content (AvgIpc) is 2.60. The van der Waals surface area contributed by atoms with Gasteiger partial charge in [-0.05, 0) is 24.1 Å². The first-order chi connectivity index (χ1) is 8.11. The number of nitrogens with one attached hydrogen (secondary N) is 1. The van der Waals surface area contributed by atoms with Gasteiger partial charge in [-0.2, -0.15) is 0 Å². The highest BCUT2D eigenvalue weighted by atomic mass is 35.5. The van der Waals surface area contributed by atoms with Gasteiger partial charge in [0.1, 0.15) is 5.69 Å². The van der Waals surface area contributed by atoms with Gasteiger partial charge in [0.25, 0.3) is 5.56 Å². The third-order valence-electron chi connectivity index (χ3n) is 2.68. The van der Waals surface area contributed by atoms with Crippen LogP contribution in [0, 0.1) is 0 Å². The summed E-state index contributed by atoms with van der Waals surface area (Å²) >= 11 is 5.80. The van der Waals surface area contributed by atoms with Gasteiger partial charge >= 0.3 is 0 Å². The molecule has 1 heterocycles. The average molecular weight is 252 g/mol. The number of halogens is 1. The highest BCUT2D eigenvalue weighted by molar-refractivity contribution is 6.30. The molecule has 0 unspecified atom stereocenters. The van der Waals surface area contributed by atoms with E-state index in [2.05, 4.69) is 5.10 Å². The lowest BCUT2D eigenvalue weighted by molar-refractivity contribution is 0.653. The lowest BCUT2D eigenvalue weighted by atomic mass is 10.2. The minimum absolute atomic E-state index is 0.170. The largest absolute Gasteiger partial charge is 0.393 e. The Morgan fingerprint density at radius 2 is 2.00 bits per heavy atom. The molecule has 2 aromatic rings. The minimum atomic E-state index is -0.170. The van der Waals surface area contributed by atoms with Crippen LogP contribution in [-0.2, 0) is 13.0 Å². The maximum absolute atomic E-state index is 11.8. The summed E-state index contributed by atoms with van der Waals surface area (Å²) in [6.45, 7) is 2.43. The Morgan fingerprint density at radius 3 is 2.53 bits per heavy atom. The topological polar surface area (TPSA) is 63.8 Å². The van der Waals surface area contributed by atoms with Crippen LogP contribution in [0.25, 0.3) is 0 Å². The van der Waals surface area contributed by atoms with E-state index in [-0.39, 0.29) is 5.56 Å². The number of hydrogen-bond donors (Lipinski definition) is 2. The highest BCUT2D eigenvalue weighted by Crippen LogP contribution is 2.11. The van der Waals surface area contributed by atoms with E-state index in [1.54, 1.807) is 12.1 Å². The second-order valence-corrected chi connectivity index (χ2v) is 4.31. The third kappa shape index (κ3) is 2.36. The fraction of sp³-hybridized carbons (Fsp3) is 0.250. The van der Waals surface area contributed by atoms with Crippen LogP contribution in [0.2, 0.25) is 5.02 Å². The SMILES string of the molecule is CCc1[nH]n(Cc2ccc(Cl)cc2)c(=O)c1N. The molecule has 0 saturated heterocycles. The van der Waals surface area contributed by atoms with Gasteiger partial charge in [0.15, 0.2) is 0 Å². The summed E-state index contributed by atoms with van der Waals surface area (Å²) in [5, 5.41) is 3.69. The maximum atomic E-state index is 11.8. The van der Waals surface area contributed by atoms with Gasteiger partial charge in [-0.15, -0.1) is 0 Å². The predicted molar refractivity (Wildman–Crippen MR) is 69.4 cm³/mol. The first-order valence-corrected chi connectivity index (χ1v) is 5.81. The summed E-state index contributed by atoms with van der Waals surface area (Å²) in [6, 6.07) is 7.37. The zero-order chi connectivity index (χ0) is 12.4. The molecule has 0 saturated carbocycles. The van der Waals surface area contributed by atoms with E-state index in [4.69, 9.17) is 17.3 Å². The molecule has 3 N–H and O–H groups in total. The molecule has 0 aliphatic rings. The van der Waals surface area contributed by atoms with Gasteiger partial charge in [0.2, 0.25) is 0 Å². The molecule has 5 heteroatoms. The number of aromatic amines is 1. The lowest BCUT2D eigenvalue weighted by Gasteiger charge is -2.02. The molecule has 0 aliphatic heterocycles. The molecule has 0 spiro atoms. The number of nitrogens with zero attached hydrogens (tertiary/aromatic N) is 1. The Kier molecular flexibility index (Phi) is 3.24. The van der Waals surface area contributed by atoms with Crippen molar-refractivity contribution < 1.29 is 0 Å². The van der Waals surface area contributed by atoms with Crippen LogP contribution < -0.4 is 11.3 Å². The fourth-order valence-corrected chi connectivity index (χ4v) is 1.83. The van der Waals surface area contributed by atoms with Crippen molar-refractivity contribution in [1.29, 1.82) is 0 Å². The first kappa shape index (κ1) is 11.8. The number of hydrogen-bond acceptors (Lipinski definition) is 2. The number of aryl methyl sites for hydroxylation is 1. The molecule has 0 fully saturated rings. The molecule has 0 radical (unpaired) electrons. The predicted octanol–water partition coefficient (Wildman–Crippen LogP) is 2.02. The van der Waals surface area contributed by atoms with Crippen molar-refractivity contribution in [3.8, 4) is 0 Å². The zero-order valence-corrected chi connectivity index (χ0v) is 10.3. The van der Waals surface area contributed by atoms with Crippen molar-refractivity contribution >= 4 is 17.3 Å². The summed E-state index contributed by atoms with van der Waals surface area (Å²) in [4.78, 5) is 11.8. The number of anilines is 1. The van der Waals surface area contributed by atoms with Crippen LogP contribution in [0.4, 0.5) is 5.69 Å². The number of rotatable bonds is 3. The number of benzene rings is 1. The van der Waals surface area contributed by atoms with Crippen LogP contribution in [0.5, 0.6) is 0 Å². The van der Waals surface area contributed by atoms with E-state index < -0.39 is 0 Å². The standard InChI is InChI=1S/C12H14ClN3O/c1-2-10-11(14)12(17)16(15-10)7-8-3-5-9(13)6-4-8/h3-6,15H,2,7,14H2,1H3. The molecule has 1 aromatic heterocycles. The van der Waals surface area contributed by atoms with E-state index in [0.717, 1.165) is 11.3 Å². The molecule has 1 aromatic carbocycles. The Hall–Kier alpha value is -1.68. The molecule has 2 rings (SSSR count). The van der Waals surface area contributed by atoms with Crippen molar-refractivity contribution in [2.75, 3.05) is 5.73 Å². The van der Waals surface area contributed by atoms with Gasteiger partial charge in [-0.1, -0.05) is 30.7 Å². The first-order valence-electron chi connectivity index (χ1n) is 5.43. The fourth-order valence-electron chi connectivity index (χ4n) is 1.70. The number of nitrogen functional groups attached to an aromatic ring is 1. The Labute approximate surface area is 104 Å². The highest BCUT2D eigenvalue weighted by Gasteiger charge is 2.09. The molecule has 0 atom stereocenters.